The predicted octanol–water partition coefficient (Wildman–Crippen LogP) is 1.14. The van der Waals surface area contributed by atoms with Crippen LogP contribution >= 0.6 is 0 Å². The minimum atomic E-state index is 0.163. The third-order valence-corrected chi connectivity index (χ3v) is 4.34. The summed E-state index contributed by atoms with van der Waals surface area (Å²) < 4.78 is 0. The molecule has 3 heteroatoms. The van der Waals surface area contributed by atoms with Crippen molar-refractivity contribution in [2.45, 2.75) is 50.6 Å². The summed E-state index contributed by atoms with van der Waals surface area (Å²) >= 11 is 0. The van der Waals surface area contributed by atoms with E-state index in [2.05, 4.69) is 10.2 Å². The van der Waals surface area contributed by atoms with E-state index in [-0.39, 0.29) is 6.04 Å². The highest BCUT2D eigenvalue weighted by atomic mass is 16.2. The number of piperidine rings is 2. The highest BCUT2D eigenvalue weighted by molar-refractivity contribution is 5.82. The second-order valence-corrected chi connectivity index (χ2v) is 5.29. The average Bonchev–Trinajstić information content (AvgIpc) is 2.83. The Morgan fingerprint density at radius 3 is 2.27 bits per heavy atom. The monoisotopic (exact) mass is 208 g/mol. The minimum Gasteiger partial charge on any atom is -0.341 e. The Kier molecular flexibility index (Phi) is 2.43. The lowest BCUT2D eigenvalue weighted by Gasteiger charge is -2.43. The SMILES string of the molecule is O=C([C@@H]1NC2CCC1CC2)N1CCCC1. The van der Waals surface area contributed by atoms with E-state index in [9.17, 15) is 4.79 Å². The smallest absolute Gasteiger partial charge is 0.239 e. The van der Waals surface area contributed by atoms with Crippen molar-refractivity contribution in [2.75, 3.05) is 13.1 Å². The summed E-state index contributed by atoms with van der Waals surface area (Å²) in [6.45, 7) is 1.99. The van der Waals surface area contributed by atoms with Crippen LogP contribution in [0.5, 0.6) is 0 Å². The zero-order valence-electron chi connectivity index (χ0n) is 9.24. The van der Waals surface area contributed by atoms with Crippen molar-refractivity contribution < 1.29 is 4.79 Å². The van der Waals surface area contributed by atoms with Gasteiger partial charge in [0, 0.05) is 19.1 Å². The second kappa shape index (κ2) is 3.78. The van der Waals surface area contributed by atoms with E-state index >= 15 is 0 Å². The largest absolute Gasteiger partial charge is 0.341 e. The summed E-state index contributed by atoms with van der Waals surface area (Å²) in [5, 5.41) is 3.54. The fraction of sp³-hybridized carbons (Fsp3) is 0.917. The molecular weight excluding hydrogens is 188 g/mol. The van der Waals surface area contributed by atoms with Crippen LogP contribution in [0.25, 0.3) is 0 Å². The summed E-state index contributed by atoms with van der Waals surface area (Å²) in [5.41, 5.74) is 0. The van der Waals surface area contributed by atoms with Crippen LogP contribution in [-0.2, 0) is 4.79 Å². The van der Waals surface area contributed by atoms with Crippen molar-refractivity contribution in [3.05, 3.63) is 0 Å². The Morgan fingerprint density at radius 2 is 1.73 bits per heavy atom. The number of hydrogen-bond acceptors (Lipinski definition) is 2. The van der Waals surface area contributed by atoms with Crippen LogP contribution < -0.4 is 5.32 Å². The van der Waals surface area contributed by atoms with Gasteiger partial charge >= 0.3 is 0 Å². The molecule has 1 amide bonds. The number of nitrogens with zero attached hydrogens (tertiary/aromatic N) is 1. The molecule has 0 radical (unpaired) electrons. The molecule has 0 spiro atoms. The second-order valence-electron chi connectivity index (χ2n) is 5.29. The van der Waals surface area contributed by atoms with Gasteiger partial charge in [0.2, 0.25) is 5.91 Å². The maximum absolute atomic E-state index is 12.3. The molecule has 0 aromatic heterocycles. The first-order valence-corrected chi connectivity index (χ1v) is 6.39. The van der Waals surface area contributed by atoms with Crippen LogP contribution in [0.1, 0.15) is 38.5 Å². The fourth-order valence-corrected chi connectivity index (χ4v) is 3.42. The molecule has 84 valence electrons. The predicted molar refractivity (Wildman–Crippen MR) is 58.5 cm³/mol. The minimum absolute atomic E-state index is 0.163. The lowest BCUT2D eigenvalue weighted by molar-refractivity contribution is -0.136. The maximum Gasteiger partial charge on any atom is 0.239 e. The molecule has 1 atom stereocenters. The van der Waals surface area contributed by atoms with Crippen molar-refractivity contribution in [1.29, 1.82) is 0 Å². The van der Waals surface area contributed by atoms with Gasteiger partial charge in [0.05, 0.1) is 6.04 Å². The van der Waals surface area contributed by atoms with Crippen molar-refractivity contribution in [1.82, 2.24) is 10.2 Å². The standard InChI is InChI=1S/C12H20N2O/c15-12(14-7-1-2-8-14)11-9-3-5-10(13-11)6-4-9/h9-11,13H,1-8H2/t9?,10?,11-/m1/s1. The summed E-state index contributed by atoms with van der Waals surface area (Å²) in [4.78, 5) is 14.3. The number of fused-ring (bicyclic) bond motifs is 3. The molecule has 3 heterocycles. The number of carbonyl (C=O) groups excluding carboxylic acids is 1. The van der Waals surface area contributed by atoms with Gasteiger partial charge in [-0.15, -0.1) is 0 Å². The summed E-state index contributed by atoms with van der Waals surface area (Å²) in [6, 6.07) is 0.794. The molecule has 1 N–H and O–H groups in total. The van der Waals surface area contributed by atoms with Crippen LogP contribution in [-0.4, -0.2) is 36.0 Å². The molecule has 1 saturated carbocycles. The van der Waals surface area contributed by atoms with Gasteiger partial charge in [-0.2, -0.15) is 0 Å². The van der Waals surface area contributed by atoms with Gasteiger partial charge in [0.15, 0.2) is 0 Å². The van der Waals surface area contributed by atoms with Crippen LogP contribution in [0.4, 0.5) is 0 Å². The third-order valence-electron chi connectivity index (χ3n) is 4.34. The average molecular weight is 208 g/mol. The zero-order valence-corrected chi connectivity index (χ0v) is 9.24. The van der Waals surface area contributed by atoms with E-state index < -0.39 is 0 Å². The van der Waals surface area contributed by atoms with E-state index in [0.717, 1.165) is 13.1 Å². The molecule has 4 fully saturated rings. The first-order valence-electron chi connectivity index (χ1n) is 6.39. The molecular formula is C12H20N2O. The maximum atomic E-state index is 12.3. The third kappa shape index (κ3) is 1.67. The van der Waals surface area contributed by atoms with Gasteiger partial charge in [-0.05, 0) is 44.4 Å². The van der Waals surface area contributed by atoms with E-state index in [1.807, 2.05) is 0 Å². The Hall–Kier alpha value is -0.570. The van der Waals surface area contributed by atoms with Crippen molar-refractivity contribution in [3.63, 3.8) is 0 Å². The normalized spacial score (nSPS) is 39.7. The molecule has 3 aliphatic heterocycles. The molecule has 0 unspecified atom stereocenters. The van der Waals surface area contributed by atoms with Crippen molar-refractivity contribution in [3.8, 4) is 0 Å². The molecule has 15 heavy (non-hydrogen) atoms. The number of hydrogen-bond donors (Lipinski definition) is 1. The Morgan fingerprint density at radius 1 is 1.07 bits per heavy atom. The molecule has 0 aromatic carbocycles. The van der Waals surface area contributed by atoms with E-state index in [4.69, 9.17) is 0 Å². The number of nitrogens with one attached hydrogen (secondary N) is 1. The highest BCUT2D eigenvalue weighted by Crippen LogP contribution is 2.34. The van der Waals surface area contributed by atoms with E-state index in [1.165, 1.54) is 38.5 Å². The molecule has 1 aliphatic carbocycles. The van der Waals surface area contributed by atoms with Gasteiger partial charge in [-0.25, -0.2) is 0 Å². The Balaban J connectivity index is 1.68. The molecule has 4 aliphatic rings. The first kappa shape index (κ1) is 9.64. The van der Waals surface area contributed by atoms with Gasteiger partial charge in [0.25, 0.3) is 0 Å². The number of likely N-dealkylation sites (tertiary alicyclic amines) is 1. The molecule has 2 bridgehead atoms. The summed E-state index contributed by atoms with van der Waals surface area (Å²) in [5.74, 6) is 1.02. The van der Waals surface area contributed by atoms with Crippen LogP contribution in [0.2, 0.25) is 0 Å². The van der Waals surface area contributed by atoms with Gasteiger partial charge in [-0.1, -0.05) is 0 Å². The lowest BCUT2D eigenvalue weighted by Crippen LogP contribution is -2.59. The topological polar surface area (TPSA) is 32.3 Å². The van der Waals surface area contributed by atoms with Gasteiger partial charge in [0.1, 0.15) is 0 Å². The Bertz CT molecular complexity index is 252. The van der Waals surface area contributed by atoms with Crippen molar-refractivity contribution in [2.24, 2.45) is 5.92 Å². The van der Waals surface area contributed by atoms with Gasteiger partial charge < -0.3 is 10.2 Å². The van der Waals surface area contributed by atoms with E-state index in [0.29, 0.717) is 17.9 Å². The zero-order chi connectivity index (χ0) is 10.3. The summed E-state index contributed by atoms with van der Waals surface area (Å²) in [7, 11) is 0. The lowest BCUT2D eigenvalue weighted by atomic mass is 9.76. The molecule has 4 rings (SSSR count). The molecule has 0 aromatic rings. The Labute approximate surface area is 91.2 Å². The summed E-state index contributed by atoms with van der Waals surface area (Å²) in [6.07, 6.45) is 7.51. The van der Waals surface area contributed by atoms with Crippen LogP contribution in [0.15, 0.2) is 0 Å². The van der Waals surface area contributed by atoms with Crippen LogP contribution in [0, 0.1) is 5.92 Å². The number of carbonyl (C=O) groups is 1. The number of rotatable bonds is 1. The molecule has 3 saturated heterocycles. The van der Waals surface area contributed by atoms with E-state index in [1.54, 1.807) is 0 Å². The van der Waals surface area contributed by atoms with Crippen molar-refractivity contribution >= 4 is 5.91 Å². The quantitative estimate of drug-likeness (QED) is 0.701. The van der Waals surface area contributed by atoms with Crippen LogP contribution in [0.3, 0.4) is 0 Å². The van der Waals surface area contributed by atoms with Gasteiger partial charge in [-0.3, -0.25) is 4.79 Å². The highest BCUT2D eigenvalue weighted by Gasteiger charge is 2.40. The molecule has 3 nitrogen and oxygen atoms in total. The fourth-order valence-electron chi connectivity index (χ4n) is 3.42. The number of amides is 1. The first-order chi connectivity index (χ1) is 7.34.